The van der Waals surface area contributed by atoms with Gasteiger partial charge < -0.3 is 14.5 Å². The van der Waals surface area contributed by atoms with Crippen molar-refractivity contribution in [3.05, 3.63) is 29.8 Å². The van der Waals surface area contributed by atoms with Crippen LogP contribution in [0.2, 0.25) is 0 Å². The van der Waals surface area contributed by atoms with E-state index in [0.717, 1.165) is 11.3 Å². The van der Waals surface area contributed by atoms with E-state index in [1.54, 1.807) is 11.9 Å². The number of amides is 1. The molecule has 0 radical (unpaired) electrons. The van der Waals surface area contributed by atoms with Crippen LogP contribution < -0.4 is 4.90 Å². The van der Waals surface area contributed by atoms with Gasteiger partial charge in [-0.15, -0.1) is 0 Å². The van der Waals surface area contributed by atoms with E-state index in [4.69, 9.17) is 4.74 Å². The number of para-hydroxylation sites is 1. The predicted octanol–water partition coefficient (Wildman–Crippen LogP) is 2.31. The highest BCUT2D eigenvalue weighted by Crippen LogP contribution is 2.24. The zero-order valence-electron chi connectivity index (χ0n) is 15.3. The summed E-state index contributed by atoms with van der Waals surface area (Å²) < 4.78 is 27.2. The Morgan fingerprint density at radius 1 is 1.24 bits per heavy atom. The van der Waals surface area contributed by atoms with Gasteiger partial charge in [-0.3, -0.25) is 4.55 Å². The molecule has 1 N–H and O–H groups in total. The molecule has 1 aromatic carbocycles. The van der Waals surface area contributed by atoms with Gasteiger partial charge in [-0.2, -0.15) is 4.31 Å². The van der Waals surface area contributed by atoms with Crippen LogP contribution in [-0.4, -0.2) is 62.9 Å². The Hall–Kier alpha value is -1.64. The largest absolute Gasteiger partial charge is 0.444 e. The molecule has 1 aliphatic rings. The van der Waals surface area contributed by atoms with Gasteiger partial charge in [0.2, 0.25) is 11.3 Å². The number of anilines is 1. The van der Waals surface area contributed by atoms with Crippen LogP contribution in [0.1, 0.15) is 26.3 Å². The molecule has 1 heterocycles. The highest BCUT2D eigenvalue weighted by atomic mass is 32.2. The molecule has 25 heavy (non-hydrogen) atoms. The van der Waals surface area contributed by atoms with E-state index in [0.29, 0.717) is 32.7 Å². The third kappa shape index (κ3) is 5.69. The number of piperazine rings is 1. The van der Waals surface area contributed by atoms with Crippen LogP contribution in [0.5, 0.6) is 0 Å². The number of rotatable bonds is 4. The van der Waals surface area contributed by atoms with Crippen LogP contribution in [0.3, 0.4) is 0 Å². The monoisotopic (exact) mass is 369 g/mol. The molecule has 1 saturated heterocycles. The number of carbonyl (C=O) groups is 1. The Bertz CT molecular complexity index is 625. The second-order valence-corrected chi connectivity index (χ2v) is 8.18. The first-order valence-electron chi connectivity index (χ1n) is 8.30. The standard InChI is InChI=1S/C17H27N3O4S/c1-17(2,3)24-16(21)20-11-9-19(10-12-20)15-8-6-5-7-14(15)13-18(4)25(22)23/h5-8H,9-13H2,1-4H3,(H,22,23). The topological polar surface area (TPSA) is 73.3 Å². The highest BCUT2D eigenvalue weighted by Gasteiger charge is 2.26. The fourth-order valence-corrected chi connectivity index (χ4v) is 2.95. The Morgan fingerprint density at radius 2 is 1.84 bits per heavy atom. The summed E-state index contributed by atoms with van der Waals surface area (Å²) in [6.45, 7) is 8.53. The molecule has 2 rings (SSSR count). The summed E-state index contributed by atoms with van der Waals surface area (Å²) in [6.07, 6.45) is -0.282. The molecule has 140 valence electrons. The van der Waals surface area contributed by atoms with Crippen molar-refractivity contribution in [2.24, 2.45) is 0 Å². The molecule has 0 bridgehead atoms. The molecule has 1 amide bonds. The summed E-state index contributed by atoms with van der Waals surface area (Å²) in [5.41, 5.74) is 1.52. The summed E-state index contributed by atoms with van der Waals surface area (Å²) in [6, 6.07) is 7.84. The van der Waals surface area contributed by atoms with Crippen molar-refractivity contribution in [2.45, 2.75) is 32.9 Å². The summed E-state index contributed by atoms with van der Waals surface area (Å²) in [5.74, 6) is 0. The van der Waals surface area contributed by atoms with Crippen molar-refractivity contribution < 1.29 is 18.3 Å². The van der Waals surface area contributed by atoms with Gasteiger partial charge in [0, 0.05) is 45.5 Å². The molecule has 0 saturated carbocycles. The Kier molecular flexibility index (Phi) is 6.42. The minimum Gasteiger partial charge on any atom is -0.444 e. The van der Waals surface area contributed by atoms with Crippen LogP contribution in [0.15, 0.2) is 24.3 Å². The average Bonchev–Trinajstić information content (AvgIpc) is 2.54. The lowest BCUT2D eigenvalue weighted by Gasteiger charge is -2.37. The van der Waals surface area contributed by atoms with Gasteiger partial charge in [0.05, 0.1) is 0 Å². The predicted molar refractivity (Wildman–Crippen MR) is 98.7 cm³/mol. The third-order valence-corrected chi connectivity index (χ3v) is 4.59. The van der Waals surface area contributed by atoms with Crippen molar-refractivity contribution in [3.8, 4) is 0 Å². The molecular formula is C17H27N3O4S. The first-order valence-corrected chi connectivity index (χ1v) is 9.36. The van der Waals surface area contributed by atoms with Gasteiger partial charge in [-0.05, 0) is 32.4 Å². The number of benzene rings is 1. The molecule has 7 nitrogen and oxygen atoms in total. The number of nitrogens with zero attached hydrogens (tertiary/aromatic N) is 3. The van der Waals surface area contributed by atoms with E-state index in [-0.39, 0.29) is 6.09 Å². The Morgan fingerprint density at radius 3 is 2.40 bits per heavy atom. The quantitative estimate of drug-likeness (QED) is 0.825. The lowest BCUT2D eigenvalue weighted by atomic mass is 10.1. The van der Waals surface area contributed by atoms with Crippen molar-refractivity contribution in [1.82, 2.24) is 9.21 Å². The maximum Gasteiger partial charge on any atom is 0.410 e. The smallest absolute Gasteiger partial charge is 0.410 e. The molecule has 8 heteroatoms. The molecule has 0 spiro atoms. The molecule has 1 fully saturated rings. The zero-order valence-corrected chi connectivity index (χ0v) is 16.1. The van der Waals surface area contributed by atoms with Gasteiger partial charge in [-0.1, -0.05) is 18.2 Å². The minimum atomic E-state index is -2.00. The zero-order chi connectivity index (χ0) is 18.6. The molecule has 0 aromatic heterocycles. The summed E-state index contributed by atoms with van der Waals surface area (Å²) >= 11 is -2.00. The van der Waals surface area contributed by atoms with E-state index < -0.39 is 16.9 Å². The first kappa shape index (κ1) is 19.7. The SMILES string of the molecule is CN(Cc1ccccc1N1CCN(C(=O)OC(C)(C)C)CC1)S(=O)O. The van der Waals surface area contributed by atoms with Gasteiger partial charge in [0.25, 0.3) is 0 Å². The average molecular weight is 369 g/mol. The lowest BCUT2D eigenvalue weighted by molar-refractivity contribution is 0.0240. The number of hydrogen-bond acceptors (Lipinski definition) is 4. The second kappa shape index (κ2) is 8.16. The fourth-order valence-electron chi connectivity index (χ4n) is 2.70. The van der Waals surface area contributed by atoms with E-state index in [9.17, 15) is 13.6 Å². The molecular weight excluding hydrogens is 342 g/mol. The van der Waals surface area contributed by atoms with Crippen LogP contribution in [-0.2, 0) is 22.5 Å². The van der Waals surface area contributed by atoms with Gasteiger partial charge >= 0.3 is 6.09 Å². The maximum absolute atomic E-state index is 12.2. The molecule has 1 unspecified atom stereocenters. The normalized spacial score (nSPS) is 16.9. The molecule has 1 aliphatic heterocycles. The van der Waals surface area contributed by atoms with Crippen molar-refractivity contribution in [1.29, 1.82) is 0 Å². The molecule has 1 aromatic rings. The van der Waals surface area contributed by atoms with Crippen molar-refractivity contribution in [2.75, 3.05) is 38.1 Å². The summed E-state index contributed by atoms with van der Waals surface area (Å²) in [4.78, 5) is 16.1. The summed E-state index contributed by atoms with van der Waals surface area (Å²) in [7, 11) is 1.60. The molecule has 0 aliphatic carbocycles. The van der Waals surface area contributed by atoms with E-state index in [1.807, 2.05) is 45.0 Å². The van der Waals surface area contributed by atoms with Gasteiger partial charge in [0.1, 0.15) is 5.60 Å². The highest BCUT2D eigenvalue weighted by molar-refractivity contribution is 7.76. The first-order chi connectivity index (χ1) is 11.7. The number of hydrogen-bond donors (Lipinski definition) is 1. The van der Waals surface area contributed by atoms with E-state index in [2.05, 4.69) is 4.90 Å². The van der Waals surface area contributed by atoms with Crippen LogP contribution in [0, 0.1) is 0 Å². The van der Waals surface area contributed by atoms with E-state index >= 15 is 0 Å². The third-order valence-electron chi connectivity index (χ3n) is 3.92. The van der Waals surface area contributed by atoms with E-state index in [1.165, 1.54) is 4.31 Å². The fraction of sp³-hybridized carbons (Fsp3) is 0.588. The number of carbonyl (C=O) groups excluding carboxylic acids is 1. The van der Waals surface area contributed by atoms with Gasteiger partial charge in [-0.25, -0.2) is 9.00 Å². The van der Waals surface area contributed by atoms with Gasteiger partial charge in [0.15, 0.2) is 0 Å². The molecule has 1 atom stereocenters. The number of ether oxygens (including phenoxy) is 1. The van der Waals surface area contributed by atoms with Crippen LogP contribution in [0.4, 0.5) is 10.5 Å². The van der Waals surface area contributed by atoms with Crippen LogP contribution >= 0.6 is 0 Å². The van der Waals surface area contributed by atoms with Crippen LogP contribution in [0.25, 0.3) is 0 Å². The van der Waals surface area contributed by atoms with Crippen molar-refractivity contribution in [3.63, 3.8) is 0 Å². The minimum absolute atomic E-state index is 0.282. The maximum atomic E-state index is 12.2. The second-order valence-electron chi connectivity index (χ2n) is 7.10. The Labute approximate surface area is 152 Å². The Balaban J connectivity index is 2.01. The summed E-state index contributed by atoms with van der Waals surface area (Å²) in [5, 5.41) is 0. The lowest BCUT2D eigenvalue weighted by Crippen LogP contribution is -2.50. The van der Waals surface area contributed by atoms with Crippen molar-refractivity contribution >= 4 is 23.0 Å².